The summed E-state index contributed by atoms with van der Waals surface area (Å²) in [6.07, 6.45) is 9.35. The van der Waals surface area contributed by atoms with E-state index in [4.69, 9.17) is 0 Å². The fourth-order valence-corrected chi connectivity index (χ4v) is 6.33. The Bertz CT molecular complexity index is 1160. The second kappa shape index (κ2) is 5.98. The highest BCUT2D eigenvalue weighted by atomic mass is 15.2. The molecular formula is C29H27N. The number of anilines is 1. The molecule has 2 unspecified atom stereocenters. The molecule has 2 aliphatic carbocycles. The van der Waals surface area contributed by atoms with E-state index >= 15 is 0 Å². The van der Waals surface area contributed by atoms with Crippen molar-refractivity contribution in [1.29, 1.82) is 0 Å². The highest BCUT2D eigenvalue weighted by molar-refractivity contribution is 5.87. The highest BCUT2D eigenvalue weighted by Gasteiger charge is 2.57. The van der Waals surface area contributed by atoms with Crippen molar-refractivity contribution in [2.45, 2.75) is 37.8 Å². The van der Waals surface area contributed by atoms with Crippen LogP contribution in [-0.2, 0) is 5.41 Å². The Labute approximate surface area is 179 Å². The third kappa shape index (κ3) is 2.08. The summed E-state index contributed by atoms with van der Waals surface area (Å²) in [7, 11) is 0. The summed E-state index contributed by atoms with van der Waals surface area (Å²) < 4.78 is 0. The Kier molecular flexibility index (Phi) is 3.54. The minimum Gasteiger partial charge on any atom is -0.359 e. The lowest BCUT2D eigenvalue weighted by Gasteiger charge is -2.56. The first kappa shape index (κ1) is 17.8. The molecule has 1 aliphatic heterocycles. The van der Waals surface area contributed by atoms with Crippen molar-refractivity contribution in [2.75, 3.05) is 4.90 Å². The molecule has 0 N–H and O–H groups in total. The third-order valence-corrected chi connectivity index (χ3v) is 7.21. The Morgan fingerprint density at radius 1 is 0.667 bits per heavy atom. The van der Waals surface area contributed by atoms with Crippen LogP contribution in [0.15, 0.2) is 97.1 Å². The molecule has 3 aromatic rings. The fourth-order valence-electron chi connectivity index (χ4n) is 6.33. The summed E-state index contributed by atoms with van der Waals surface area (Å²) in [5, 5.41) is 0. The number of para-hydroxylation sites is 1. The Morgan fingerprint density at radius 3 is 1.83 bits per heavy atom. The summed E-state index contributed by atoms with van der Waals surface area (Å²) in [6.45, 7) is 7.00. The van der Waals surface area contributed by atoms with Crippen molar-refractivity contribution in [3.8, 4) is 11.1 Å². The molecule has 148 valence electrons. The SMILES string of the molecule is CC(C)(C)N1c2ccccc2C2(c3ccccc3-c3ccccc32)C2C=CC=CC21. The molecular weight excluding hydrogens is 362 g/mol. The molecule has 0 aromatic heterocycles. The van der Waals surface area contributed by atoms with Crippen molar-refractivity contribution in [3.63, 3.8) is 0 Å². The smallest absolute Gasteiger partial charge is 0.0569 e. The maximum Gasteiger partial charge on any atom is 0.0569 e. The van der Waals surface area contributed by atoms with E-state index in [-0.39, 0.29) is 11.0 Å². The lowest BCUT2D eigenvalue weighted by molar-refractivity contribution is 0.328. The van der Waals surface area contributed by atoms with Crippen LogP contribution in [0.4, 0.5) is 5.69 Å². The lowest BCUT2D eigenvalue weighted by Crippen LogP contribution is -2.59. The van der Waals surface area contributed by atoms with Gasteiger partial charge in [0.2, 0.25) is 0 Å². The van der Waals surface area contributed by atoms with Crippen LogP contribution in [0.3, 0.4) is 0 Å². The van der Waals surface area contributed by atoms with Gasteiger partial charge in [0, 0.05) is 17.1 Å². The van der Waals surface area contributed by atoms with Crippen LogP contribution in [-0.4, -0.2) is 11.6 Å². The number of allylic oxidation sites excluding steroid dienone is 2. The number of hydrogen-bond acceptors (Lipinski definition) is 1. The lowest BCUT2D eigenvalue weighted by atomic mass is 9.58. The van der Waals surface area contributed by atoms with Gasteiger partial charge in [-0.05, 0) is 54.7 Å². The first-order valence-corrected chi connectivity index (χ1v) is 11.0. The second-order valence-corrected chi connectivity index (χ2v) is 9.74. The van der Waals surface area contributed by atoms with E-state index in [2.05, 4.69) is 123 Å². The van der Waals surface area contributed by atoms with E-state index in [9.17, 15) is 0 Å². The van der Waals surface area contributed by atoms with Crippen LogP contribution >= 0.6 is 0 Å². The number of rotatable bonds is 0. The monoisotopic (exact) mass is 389 g/mol. The number of benzene rings is 3. The predicted molar refractivity (Wildman–Crippen MR) is 126 cm³/mol. The number of hydrogen-bond donors (Lipinski definition) is 0. The summed E-state index contributed by atoms with van der Waals surface area (Å²) in [4.78, 5) is 2.64. The van der Waals surface area contributed by atoms with Gasteiger partial charge in [0.1, 0.15) is 0 Å². The fraction of sp³-hybridized carbons (Fsp3) is 0.241. The van der Waals surface area contributed by atoms with Crippen LogP contribution in [0.25, 0.3) is 11.1 Å². The quantitative estimate of drug-likeness (QED) is 0.412. The van der Waals surface area contributed by atoms with Gasteiger partial charge < -0.3 is 4.90 Å². The third-order valence-electron chi connectivity index (χ3n) is 7.21. The van der Waals surface area contributed by atoms with Gasteiger partial charge in [-0.2, -0.15) is 0 Å². The molecule has 1 heterocycles. The minimum absolute atomic E-state index is 0.0216. The van der Waals surface area contributed by atoms with Crippen LogP contribution in [0, 0.1) is 5.92 Å². The molecule has 0 saturated heterocycles. The largest absolute Gasteiger partial charge is 0.359 e. The van der Waals surface area contributed by atoms with Gasteiger partial charge >= 0.3 is 0 Å². The molecule has 0 amide bonds. The van der Waals surface area contributed by atoms with Crippen LogP contribution < -0.4 is 4.90 Å². The maximum absolute atomic E-state index is 2.64. The Hall–Kier alpha value is -3.06. The van der Waals surface area contributed by atoms with Gasteiger partial charge in [-0.3, -0.25) is 0 Å². The van der Waals surface area contributed by atoms with Crippen molar-refractivity contribution >= 4 is 5.69 Å². The van der Waals surface area contributed by atoms with Crippen molar-refractivity contribution in [1.82, 2.24) is 0 Å². The van der Waals surface area contributed by atoms with Gasteiger partial charge in [-0.25, -0.2) is 0 Å². The molecule has 0 radical (unpaired) electrons. The van der Waals surface area contributed by atoms with Gasteiger partial charge in [0.05, 0.1) is 11.5 Å². The van der Waals surface area contributed by atoms with Gasteiger partial charge in [-0.15, -0.1) is 0 Å². The highest BCUT2D eigenvalue weighted by Crippen LogP contribution is 2.62. The average molecular weight is 390 g/mol. The molecule has 3 aliphatic rings. The molecule has 1 spiro atoms. The van der Waals surface area contributed by atoms with Gasteiger partial charge in [-0.1, -0.05) is 91.0 Å². The molecule has 3 aromatic carbocycles. The van der Waals surface area contributed by atoms with Gasteiger partial charge in [0.25, 0.3) is 0 Å². The summed E-state index contributed by atoms with van der Waals surface area (Å²) >= 11 is 0. The van der Waals surface area contributed by atoms with Crippen molar-refractivity contribution in [2.24, 2.45) is 5.92 Å². The second-order valence-electron chi connectivity index (χ2n) is 9.74. The van der Waals surface area contributed by atoms with E-state index in [1.54, 1.807) is 0 Å². The topological polar surface area (TPSA) is 3.24 Å². The van der Waals surface area contributed by atoms with Crippen LogP contribution in [0.1, 0.15) is 37.5 Å². The molecule has 2 atom stereocenters. The molecule has 30 heavy (non-hydrogen) atoms. The number of nitrogens with zero attached hydrogens (tertiary/aromatic N) is 1. The molecule has 0 saturated carbocycles. The Balaban J connectivity index is 1.79. The molecule has 1 heteroatoms. The zero-order valence-electron chi connectivity index (χ0n) is 17.8. The first-order valence-electron chi connectivity index (χ1n) is 11.0. The normalized spacial score (nSPS) is 22.4. The summed E-state index contributed by atoms with van der Waals surface area (Å²) in [5.41, 5.74) is 8.30. The summed E-state index contributed by atoms with van der Waals surface area (Å²) in [5.74, 6) is 0.335. The van der Waals surface area contributed by atoms with E-state index in [1.807, 2.05) is 0 Å². The van der Waals surface area contributed by atoms with Crippen LogP contribution in [0.2, 0.25) is 0 Å². The first-order chi connectivity index (χ1) is 14.5. The Morgan fingerprint density at radius 2 is 1.20 bits per heavy atom. The number of fused-ring (bicyclic) bond motifs is 9. The average Bonchev–Trinajstić information content (AvgIpc) is 3.05. The molecule has 0 bridgehead atoms. The maximum atomic E-state index is 2.64. The van der Waals surface area contributed by atoms with E-state index in [0.29, 0.717) is 12.0 Å². The zero-order valence-corrected chi connectivity index (χ0v) is 17.8. The minimum atomic E-state index is -0.169. The van der Waals surface area contributed by atoms with Crippen LogP contribution in [0.5, 0.6) is 0 Å². The summed E-state index contributed by atoms with van der Waals surface area (Å²) in [6, 6.07) is 27.5. The molecule has 1 nitrogen and oxygen atoms in total. The van der Waals surface area contributed by atoms with Crippen molar-refractivity contribution in [3.05, 3.63) is 114 Å². The van der Waals surface area contributed by atoms with E-state index in [0.717, 1.165) is 0 Å². The predicted octanol–water partition coefficient (Wildman–Crippen LogP) is 6.73. The zero-order chi connectivity index (χ0) is 20.5. The van der Waals surface area contributed by atoms with E-state index in [1.165, 1.54) is 33.5 Å². The molecule has 6 rings (SSSR count). The van der Waals surface area contributed by atoms with Crippen molar-refractivity contribution < 1.29 is 0 Å². The van der Waals surface area contributed by atoms with E-state index < -0.39 is 0 Å². The van der Waals surface area contributed by atoms with Gasteiger partial charge in [0.15, 0.2) is 0 Å². The standard InChI is InChI=1S/C29H27N/c1-28(2,3)30-26-18-10-8-16-24(26)29(25-17-9-11-19-27(25)30)22-14-6-4-12-20(22)21-13-5-7-15-23(21)29/h4-19,24,26H,1-3H3. The molecule has 0 fully saturated rings.